The summed E-state index contributed by atoms with van der Waals surface area (Å²) >= 11 is 0. The number of hydrogen-bond acceptors (Lipinski definition) is 3. The van der Waals surface area contributed by atoms with Crippen LogP contribution in [0.25, 0.3) is 10.8 Å². The molecule has 0 amide bonds. The van der Waals surface area contributed by atoms with Gasteiger partial charge in [-0.2, -0.15) is 0 Å². The highest BCUT2D eigenvalue weighted by Gasteiger charge is 2.11. The first-order valence-corrected chi connectivity index (χ1v) is 4.71. The van der Waals surface area contributed by atoms with Crippen LogP contribution in [-0.2, 0) is 6.61 Å². The molecule has 0 saturated carbocycles. The summed E-state index contributed by atoms with van der Waals surface area (Å²) in [6, 6.07) is 10.8. The van der Waals surface area contributed by atoms with Crippen molar-refractivity contribution in [3.63, 3.8) is 0 Å². The topological polar surface area (TPSA) is 60.7 Å². The molecule has 3 nitrogen and oxygen atoms in total. The zero-order valence-corrected chi connectivity index (χ0v) is 8.09. The molecule has 76 valence electrons. The van der Waals surface area contributed by atoms with Crippen molar-refractivity contribution in [2.45, 2.75) is 6.61 Å². The molecule has 0 fully saturated rings. The number of fused-ring (bicyclic) bond motifs is 1. The Morgan fingerprint density at radius 2 is 1.87 bits per heavy atom. The van der Waals surface area contributed by atoms with Crippen LogP contribution in [0.4, 0.5) is 0 Å². The summed E-state index contributed by atoms with van der Waals surface area (Å²) in [6.07, 6.45) is 0. The van der Waals surface area contributed by atoms with Crippen molar-refractivity contribution >= 4 is 23.4 Å². The normalized spacial score (nSPS) is 10.6. The number of benzene rings is 2. The van der Waals surface area contributed by atoms with Gasteiger partial charge in [-0.1, -0.05) is 36.4 Å². The van der Waals surface area contributed by atoms with Crippen molar-refractivity contribution in [1.29, 1.82) is 0 Å². The van der Waals surface area contributed by atoms with E-state index < -0.39 is 7.12 Å². The SMILES string of the molecule is OCc1cccc2ccc(B(O)O)cc12. The third-order valence-corrected chi connectivity index (χ3v) is 2.46. The van der Waals surface area contributed by atoms with Crippen LogP contribution >= 0.6 is 0 Å². The second kappa shape index (κ2) is 4.02. The minimum atomic E-state index is -1.47. The summed E-state index contributed by atoms with van der Waals surface area (Å²) in [6.45, 7) is -0.0533. The second-order valence-electron chi connectivity index (χ2n) is 3.43. The number of aliphatic hydroxyl groups is 1. The van der Waals surface area contributed by atoms with Gasteiger partial charge in [0.1, 0.15) is 0 Å². The Kier molecular flexibility index (Phi) is 2.73. The van der Waals surface area contributed by atoms with Gasteiger partial charge in [-0.05, 0) is 21.8 Å². The Hall–Kier alpha value is -1.36. The molecule has 2 aromatic carbocycles. The fourth-order valence-corrected chi connectivity index (χ4v) is 1.65. The molecule has 15 heavy (non-hydrogen) atoms. The molecule has 0 aromatic heterocycles. The third-order valence-electron chi connectivity index (χ3n) is 2.46. The van der Waals surface area contributed by atoms with Gasteiger partial charge in [0.2, 0.25) is 0 Å². The molecular weight excluding hydrogens is 191 g/mol. The van der Waals surface area contributed by atoms with E-state index >= 15 is 0 Å². The van der Waals surface area contributed by atoms with Gasteiger partial charge in [0.25, 0.3) is 0 Å². The zero-order valence-electron chi connectivity index (χ0n) is 8.09. The molecule has 0 aliphatic heterocycles. The molecule has 0 aliphatic carbocycles. The molecule has 0 unspecified atom stereocenters. The number of rotatable bonds is 2. The van der Waals surface area contributed by atoms with Crippen LogP contribution in [0.1, 0.15) is 5.56 Å². The van der Waals surface area contributed by atoms with Crippen molar-refractivity contribution in [1.82, 2.24) is 0 Å². The van der Waals surface area contributed by atoms with Gasteiger partial charge in [-0.15, -0.1) is 0 Å². The van der Waals surface area contributed by atoms with E-state index in [2.05, 4.69) is 0 Å². The van der Waals surface area contributed by atoms with Crippen LogP contribution in [0.5, 0.6) is 0 Å². The summed E-state index contributed by atoms with van der Waals surface area (Å²) in [4.78, 5) is 0. The van der Waals surface area contributed by atoms with Crippen LogP contribution in [0.15, 0.2) is 36.4 Å². The highest BCUT2D eigenvalue weighted by Crippen LogP contribution is 2.17. The maximum atomic E-state index is 9.14. The highest BCUT2D eigenvalue weighted by atomic mass is 16.4. The molecule has 4 heteroatoms. The van der Waals surface area contributed by atoms with Crippen molar-refractivity contribution in [3.05, 3.63) is 42.0 Å². The molecule has 0 heterocycles. The van der Waals surface area contributed by atoms with Gasteiger partial charge in [-0.3, -0.25) is 0 Å². The van der Waals surface area contributed by atoms with Gasteiger partial charge in [0, 0.05) is 0 Å². The Bertz CT molecular complexity index is 482. The van der Waals surface area contributed by atoms with Crippen LogP contribution in [0.2, 0.25) is 0 Å². The lowest BCUT2D eigenvalue weighted by atomic mass is 9.79. The monoisotopic (exact) mass is 202 g/mol. The molecule has 0 saturated heterocycles. The lowest BCUT2D eigenvalue weighted by Gasteiger charge is -2.06. The van der Waals surface area contributed by atoms with Crippen molar-refractivity contribution < 1.29 is 15.2 Å². The maximum Gasteiger partial charge on any atom is 0.488 e. The summed E-state index contributed by atoms with van der Waals surface area (Å²) in [5.74, 6) is 0. The van der Waals surface area contributed by atoms with E-state index in [-0.39, 0.29) is 6.61 Å². The molecule has 2 aromatic rings. The minimum Gasteiger partial charge on any atom is -0.423 e. The molecule has 0 aliphatic rings. The molecule has 0 spiro atoms. The lowest BCUT2D eigenvalue weighted by molar-refractivity contribution is 0.283. The van der Waals surface area contributed by atoms with E-state index in [4.69, 9.17) is 15.2 Å². The van der Waals surface area contributed by atoms with E-state index in [9.17, 15) is 0 Å². The summed E-state index contributed by atoms with van der Waals surface area (Å²) in [7, 11) is -1.47. The lowest BCUT2D eigenvalue weighted by Crippen LogP contribution is -2.29. The second-order valence-corrected chi connectivity index (χ2v) is 3.43. The van der Waals surface area contributed by atoms with Gasteiger partial charge in [0.05, 0.1) is 6.61 Å². The summed E-state index contributed by atoms with van der Waals surface area (Å²) in [5.41, 5.74) is 1.22. The standard InChI is InChI=1S/C11H11BO3/c13-7-9-3-1-2-8-4-5-10(12(14)15)6-11(8)9/h1-6,13-15H,7H2. The van der Waals surface area contributed by atoms with Crippen molar-refractivity contribution in [2.75, 3.05) is 0 Å². The first-order valence-electron chi connectivity index (χ1n) is 4.71. The third kappa shape index (κ3) is 1.87. The summed E-state index contributed by atoms with van der Waals surface area (Å²) in [5, 5.41) is 29.0. The fraction of sp³-hybridized carbons (Fsp3) is 0.0909. The van der Waals surface area contributed by atoms with Gasteiger partial charge >= 0.3 is 7.12 Å². The fourth-order valence-electron chi connectivity index (χ4n) is 1.65. The van der Waals surface area contributed by atoms with E-state index in [1.54, 1.807) is 12.1 Å². The Balaban J connectivity index is 2.67. The zero-order chi connectivity index (χ0) is 10.8. The first-order chi connectivity index (χ1) is 7.22. The number of aliphatic hydroxyl groups excluding tert-OH is 1. The minimum absolute atomic E-state index is 0.0533. The predicted octanol–water partition coefficient (Wildman–Crippen LogP) is 0.0119. The Morgan fingerprint density at radius 1 is 1.07 bits per heavy atom. The average Bonchev–Trinajstić information content (AvgIpc) is 2.27. The largest absolute Gasteiger partial charge is 0.488 e. The molecule has 3 N–H and O–H groups in total. The van der Waals surface area contributed by atoms with Crippen LogP contribution in [0.3, 0.4) is 0 Å². The van der Waals surface area contributed by atoms with Crippen LogP contribution in [0, 0.1) is 0 Å². The molecule has 2 rings (SSSR count). The molecule has 0 bridgehead atoms. The van der Waals surface area contributed by atoms with E-state index in [0.29, 0.717) is 5.46 Å². The number of hydrogen-bond donors (Lipinski definition) is 3. The molecule has 0 atom stereocenters. The van der Waals surface area contributed by atoms with Crippen LogP contribution < -0.4 is 5.46 Å². The van der Waals surface area contributed by atoms with E-state index in [1.807, 2.05) is 24.3 Å². The van der Waals surface area contributed by atoms with E-state index in [1.165, 1.54) is 0 Å². The molecular formula is C11H11BO3. The highest BCUT2D eigenvalue weighted by molar-refractivity contribution is 6.58. The first kappa shape index (κ1) is 10.2. The Morgan fingerprint density at radius 3 is 2.53 bits per heavy atom. The van der Waals surface area contributed by atoms with Crippen LogP contribution in [-0.4, -0.2) is 22.3 Å². The maximum absolute atomic E-state index is 9.14. The average molecular weight is 202 g/mol. The van der Waals surface area contributed by atoms with Crippen molar-refractivity contribution in [3.8, 4) is 0 Å². The van der Waals surface area contributed by atoms with Crippen molar-refractivity contribution in [2.24, 2.45) is 0 Å². The summed E-state index contributed by atoms with van der Waals surface area (Å²) < 4.78 is 0. The van der Waals surface area contributed by atoms with E-state index in [0.717, 1.165) is 16.3 Å². The van der Waals surface area contributed by atoms with Gasteiger partial charge in [-0.25, -0.2) is 0 Å². The van der Waals surface area contributed by atoms with Gasteiger partial charge in [0.15, 0.2) is 0 Å². The molecule has 0 radical (unpaired) electrons. The Labute approximate surface area is 87.8 Å². The predicted molar refractivity (Wildman–Crippen MR) is 59.7 cm³/mol. The van der Waals surface area contributed by atoms with Gasteiger partial charge < -0.3 is 15.2 Å². The smallest absolute Gasteiger partial charge is 0.423 e. The quantitative estimate of drug-likeness (QED) is 0.601.